The van der Waals surface area contributed by atoms with Gasteiger partial charge in [0.1, 0.15) is 54.9 Å². The second kappa shape index (κ2) is 16.9. The Morgan fingerprint density at radius 3 is 1.97 bits per heavy atom. The lowest BCUT2D eigenvalue weighted by Crippen LogP contribution is -2.65. The minimum absolute atomic E-state index is 0.0347. The lowest BCUT2D eigenvalue weighted by molar-refractivity contribution is -0.344. The molecule has 2 spiro atoms. The van der Waals surface area contributed by atoms with E-state index >= 15 is 0 Å². The van der Waals surface area contributed by atoms with Crippen molar-refractivity contribution in [1.82, 2.24) is 0 Å². The fraction of sp³-hybridized carbons (Fsp3) is 1.00. The molecule has 3 saturated heterocycles. The molecule has 12 N–H and O–H groups in total. The van der Waals surface area contributed by atoms with Gasteiger partial charge >= 0.3 is 0 Å². The molecule has 3 heterocycles. The smallest absolute Gasteiger partial charge is 0.186 e. The summed E-state index contributed by atoms with van der Waals surface area (Å²) in [5.74, 6) is -1.26. The molecule has 0 aromatic carbocycles. The van der Waals surface area contributed by atoms with Crippen LogP contribution in [-0.2, 0) is 28.4 Å². The predicted octanol–water partition coefficient (Wildman–Crippen LogP) is -0.788. The second-order valence-electron chi connectivity index (χ2n) is 24.4. The molecule has 18 heteroatoms. The fourth-order valence-corrected chi connectivity index (χ4v) is 16.8. The maximum Gasteiger partial charge on any atom is 0.186 e. The molecular weight excluding hydrogens is 865 g/mol. The molecular formula is C48H80O18. The third-order valence-electron chi connectivity index (χ3n) is 20.3. The van der Waals surface area contributed by atoms with E-state index in [1.54, 1.807) is 13.8 Å². The van der Waals surface area contributed by atoms with E-state index in [0.717, 1.165) is 19.3 Å². The van der Waals surface area contributed by atoms with Crippen LogP contribution in [-0.4, -0.2) is 196 Å². The number of fused-ring (bicyclic) bond motifs is 2. The molecule has 6 aliphatic carbocycles. The Morgan fingerprint density at radius 2 is 1.32 bits per heavy atom. The van der Waals surface area contributed by atoms with Crippen molar-refractivity contribution >= 4 is 0 Å². The van der Waals surface area contributed by atoms with Crippen molar-refractivity contribution < 1.29 is 89.7 Å². The van der Waals surface area contributed by atoms with Gasteiger partial charge in [0.25, 0.3) is 0 Å². The minimum atomic E-state index is -1.66. The number of hydrogen-bond acceptors (Lipinski definition) is 18. The monoisotopic (exact) mass is 945 g/mol. The largest absolute Gasteiger partial charge is 0.396 e. The summed E-state index contributed by atoms with van der Waals surface area (Å²) in [6, 6.07) is 0. The van der Waals surface area contributed by atoms with Crippen LogP contribution in [0.3, 0.4) is 0 Å². The van der Waals surface area contributed by atoms with Crippen LogP contribution in [0, 0.1) is 50.7 Å². The zero-order chi connectivity index (χ0) is 48.1. The van der Waals surface area contributed by atoms with Gasteiger partial charge in [0.15, 0.2) is 12.6 Å². The quantitative estimate of drug-likeness (QED) is 0.120. The minimum Gasteiger partial charge on any atom is -0.396 e. The molecule has 66 heavy (non-hydrogen) atoms. The van der Waals surface area contributed by atoms with Gasteiger partial charge in [-0.05, 0) is 124 Å². The number of ether oxygens (including phenoxy) is 6. The fourth-order valence-electron chi connectivity index (χ4n) is 16.8. The Hall–Kier alpha value is -0.720. The molecule has 9 rings (SSSR count). The van der Waals surface area contributed by atoms with E-state index < -0.39 is 139 Å². The van der Waals surface area contributed by atoms with Crippen molar-refractivity contribution in [3.63, 3.8) is 0 Å². The topological polar surface area (TPSA) is 298 Å². The highest BCUT2D eigenvalue weighted by atomic mass is 16.7. The van der Waals surface area contributed by atoms with Gasteiger partial charge in [0.2, 0.25) is 0 Å². The molecule has 3 aliphatic heterocycles. The van der Waals surface area contributed by atoms with Gasteiger partial charge in [-0.2, -0.15) is 0 Å². The maximum atomic E-state index is 12.3. The van der Waals surface area contributed by atoms with Crippen molar-refractivity contribution in [2.45, 2.75) is 228 Å². The van der Waals surface area contributed by atoms with E-state index in [1.165, 1.54) is 0 Å². The summed E-state index contributed by atoms with van der Waals surface area (Å²) in [5, 5.41) is 131. The van der Waals surface area contributed by atoms with Gasteiger partial charge in [-0.3, -0.25) is 0 Å². The Balaban J connectivity index is 1.04. The predicted molar refractivity (Wildman–Crippen MR) is 230 cm³/mol. The zero-order valence-corrected chi connectivity index (χ0v) is 39.6. The Labute approximate surface area is 387 Å². The van der Waals surface area contributed by atoms with Gasteiger partial charge in [0.05, 0.1) is 61.0 Å². The van der Waals surface area contributed by atoms with Crippen LogP contribution in [0.4, 0.5) is 0 Å². The van der Waals surface area contributed by atoms with E-state index in [9.17, 15) is 61.3 Å². The van der Waals surface area contributed by atoms with Crippen LogP contribution in [0.15, 0.2) is 0 Å². The third kappa shape index (κ3) is 7.31. The van der Waals surface area contributed by atoms with E-state index in [-0.39, 0.29) is 53.1 Å². The van der Waals surface area contributed by atoms with E-state index in [0.29, 0.717) is 38.5 Å². The van der Waals surface area contributed by atoms with E-state index in [4.69, 9.17) is 28.4 Å². The number of rotatable bonds is 10. The van der Waals surface area contributed by atoms with Crippen molar-refractivity contribution in [2.24, 2.45) is 50.7 Å². The lowest BCUT2D eigenvalue weighted by Gasteiger charge is -2.65. The summed E-state index contributed by atoms with van der Waals surface area (Å²) in [7, 11) is 0. The molecule has 0 aromatic rings. The van der Waals surface area contributed by atoms with Crippen LogP contribution < -0.4 is 0 Å². The van der Waals surface area contributed by atoms with Gasteiger partial charge in [-0.25, -0.2) is 0 Å². The maximum absolute atomic E-state index is 12.3. The first-order valence-corrected chi connectivity index (χ1v) is 24.7. The molecule has 9 fully saturated rings. The second-order valence-corrected chi connectivity index (χ2v) is 24.4. The highest BCUT2D eigenvalue weighted by Gasteiger charge is 2.85. The Bertz CT molecular complexity index is 1760. The molecule has 6 saturated carbocycles. The van der Waals surface area contributed by atoms with Crippen molar-refractivity contribution in [2.75, 3.05) is 19.8 Å². The third-order valence-corrected chi connectivity index (χ3v) is 20.3. The van der Waals surface area contributed by atoms with Gasteiger partial charge in [-0.15, -0.1) is 0 Å². The molecule has 380 valence electrons. The standard InChI is InChI=1S/C48H80O18/c1-42(2)28(65-41-37(31(54)23(52)19-61-41)62-24-14-21(17-49)30(53)34(57)32(24)55)9-11-48-20-47(48)13-12-44(5)38(46(7)10-8-29(66-46)43(3,4)60)22(51)16-45(44,6)27(47)15-25(39(42)48)63-40-36(59)35(58)33(56)26(18-50)64-40/h21-41,49-60H,8-20H2,1-7H3. The van der Waals surface area contributed by atoms with Crippen molar-refractivity contribution in [1.29, 1.82) is 0 Å². The summed E-state index contributed by atoms with van der Waals surface area (Å²) >= 11 is 0. The van der Waals surface area contributed by atoms with Crippen molar-refractivity contribution in [3.8, 4) is 0 Å². The molecule has 0 radical (unpaired) electrons. The normalized spacial score (nSPS) is 58.0. The Morgan fingerprint density at radius 1 is 0.621 bits per heavy atom. The lowest BCUT2D eigenvalue weighted by atomic mass is 9.41. The summed E-state index contributed by atoms with van der Waals surface area (Å²) < 4.78 is 39.0. The molecule has 18 nitrogen and oxygen atoms in total. The van der Waals surface area contributed by atoms with E-state index in [1.807, 2.05) is 0 Å². The van der Waals surface area contributed by atoms with Crippen LogP contribution in [0.25, 0.3) is 0 Å². The van der Waals surface area contributed by atoms with Crippen molar-refractivity contribution in [3.05, 3.63) is 0 Å². The van der Waals surface area contributed by atoms with Crippen LogP contribution in [0.5, 0.6) is 0 Å². The summed E-state index contributed by atoms with van der Waals surface area (Å²) in [4.78, 5) is 0. The number of aliphatic hydroxyl groups excluding tert-OH is 11. The summed E-state index contributed by atoms with van der Waals surface area (Å²) in [5.41, 5.74) is -3.68. The first-order chi connectivity index (χ1) is 30.7. The first-order valence-electron chi connectivity index (χ1n) is 24.7. The van der Waals surface area contributed by atoms with Gasteiger partial charge < -0.3 is 89.7 Å². The summed E-state index contributed by atoms with van der Waals surface area (Å²) in [6.45, 7) is 13.1. The number of hydrogen-bond donors (Lipinski definition) is 12. The highest BCUT2D eigenvalue weighted by Crippen LogP contribution is 2.89. The molecule has 9 aliphatic rings. The highest BCUT2D eigenvalue weighted by molar-refractivity contribution is 5.33. The van der Waals surface area contributed by atoms with Gasteiger partial charge in [0, 0.05) is 18.4 Å². The summed E-state index contributed by atoms with van der Waals surface area (Å²) in [6.07, 6.45) is -14.7. The van der Waals surface area contributed by atoms with E-state index in [2.05, 4.69) is 34.6 Å². The van der Waals surface area contributed by atoms with Gasteiger partial charge in [-0.1, -0.05) is 27.7 Å². The molecule has 0 aromatic heterocycles. The Kier molecular flexibility index (Phi) is 12.9. The van der Waals surface area contributed by atoms with Crippen LogP contribution in [0.1, 0.15) is 113 Å². The molecule has 26 unspecified atom stereocenters. The molecule has 0 bridgehead atoms. The van der Waals surface area contributed by atoms with Crippen LogP contribution in [0.2, 0.25) is 0 Å². The van der Waals surface area contributed by atoms with Crippen LogP contribution >= 0.6 is 0 Å². The SMILES string of the molecule is CC(C)(O)C1CCC(C)(C2C(O)CC3(C)C4CC(OC5OC(CO)C(O)C(O)C5O)C5C(C)(C)C(OC6OCC(O)C(O)C6OC6CC(CO)C(O)C(O)C6O)CCC56CC46CCC23C)O1. The zero-order valence-electron chi connectivity index (χ0n) is 39.6. The molecule has 26 atom stereocenters. The first kappa shape index (κ1) is 50.2. The number of aliphatic hydroxyl groups is 12. The average Bonchev–Trinajstić information content (AvgIpc) is 3.62. The average molecular weight is 945 g/mol. The molecule has 0 amide bonds.